The van der Waals surface area contributed by atoms with Crippen molar-refractivity contribution in [1.82, 2.24) is 5.32 Å². The minimum atomic E-state index is -3.87. The Bertz CT molecular complexity index is 1200. The molecule has 0 spiro atoms. The molecule has 4 rings (SSSR count). The van der Waals surface area contributed by atoms with Crippen LogP contribution in [0.4, 0.5) is 5.69 Å². The first kappa shape index (κ1) is 21.7. The number of sulfonamides is 1. The van der Waals surface area contributed by atoms with Gasteiger partial charge in [-0.2, -0.15) is 0 Å². The van der Waals surface area contributed by atoms with Crippen molar-refractivity contribution in [3.8, 4) is 11.5 Å². The fourth-order valence-corrected chi connectivity index (χ4v) is 5.03. The van der Waals surface area contributed by atoms with Crippen molar-refractivity contribution < 1.29 is 22.7 Å². The quantitative estimate of drug-likeness (QED) is 0.594. The lowest BCUT2D eigenvalue weighted by Crippen LogP contribution is -2.50. The molecule has 1 aliphatic heterocycles. The number of rotatable bonds is 7. The summed E-state index contributed by atoms with van der Waals surface area (Å²) in [4.78, 5) is 13.1. The Labute approximate surface area is 187 Å². The Morgan fingerprint density at radius 2 is 1.72 bits per heavy atom. The van der Waals surface area contributed by atoms with Gasteiger partial charge in [-0.25, -0.2) is 8.42 Å². The molecule has 0 aliphatic carbocycles. The third-order valence-corrected chi connectivity index (χ3v) is 6.88. The standard InChI is InChI=1S/C24H24N2O5S/c1-2-30-21-14-8-6-10-18(21)16-25-24(27)23-17-26(20-13-7-9-15-22(20)31-23)32(28,29)19-11-4-3-5-12-19/h3-15,23H,2,16-17H2,1H3,(H,25,27). The molecule has 1 atom stereocenters. The molecule has 0 saturated carbocycles. The number of hydrogen-bond donors (Lipinski definition) is 1. The van der Waals surface area contributed by atoms with Crippen LogP contribution in [0.15, 0.2) is 83.8 Å². The van der Waals surface area contributed by atoms with E-state index in [1.807, 2.05) is 31.2 Å². The van der Waals surface area contributed by atoms with Gasteiger partial charge in [-0.1, -0.05) is 48.5 Å². The van der Waals surface area contributed by atoms with Crippen LogP contribution < -0.4 is 19.1 Å². The van der Waals surface area contributed by atoms with Crippen LogP contribution in [0.5, 0.6) is 11.5 Å². The summed E-state index contributed by atoms with van der Waals surface area (Å²) < 4.78 is 39.4. The van der Waals surface area contributed by atoms with E-state index in [1.54, 1.807) is 42.5 Å². The van der Waals surface area contributed by atoms with Gasteiger partial charge in [0.15, 0.2) is 6.10 Å². The molecule has 0 bridgehead atoms. The van der Waals surface area contributed by atoms with Crippen LogP contribution >= 0.6 is 0 Å². The van der Waals surface area contributed by atoms with E-state index in [2.05, 4.69) is 5.32 Å². The van der Waals surface area contributed by atoms with E-state index in [0.29, 0.717) is 23.8 Å². The Kier molecular flexibility index (Phi) is 6.32. The zero-order valence-corrected chi connectivity index (χ0v) is 18.4. The van der Waals surface area contributed by atoms with Crippen molar-refractivity contribution >= 4 is 21.6 Å². The lowest BCUT2D eigenvalue weighted by molar-refractivity contribution is -0.127. The number of fused-ring (bicyclic) bond motifs is 1. The van der Waals surface area contributed by atoms with Gasteiger partial charge < -0.3 is 14.8 Å². The molecule has 32 heavy (non-hydrogen) atoms. The van der Waals surface area contributed by atoms with Gasteiger partial charge in [0.25, 0.3) is 15.9 Å². The van der Waals surface area contributed by atoms with Crippen molar-refractivity contribution in [2.24, 2.45) is 0 Å². The van der Waals surface area contributed by atoms with Gasteiger partial charge in [0.2, 0.25) is 0 Å². The summed E-state index contributed by atoms with van der Waals surface area (Å²) in [6, 6.07) is 22.4. The minimum Gasteiger partial charge on any atom is -0.494 e. The number of amides is 1. The van der Waals surface area contributed by atoms with Crippen LogP contribution in [0.2, 0.25) is 0 Å². The molecule has 166 valence electrons. The SMILES string of the molecule is CCOc1ccccc1CNC(=O)C1CN(S(=O)(=O)c2ccccc2)c2ccccc2O1. The first-order chi connectivity index (χ1) is 15.5. The van der Waals surface area contributed by atoms with Crippen LogP contribution in [0.3, 0.4) is 0 Å². The summed E-state index contributed by atoms with van der Waals surface area (Å²) in [5.74, 6) is 0.630. The monoisotopic (exact) mass is 452 g/mol. The second-order valence-corrected chi connectivity index (χ2v) is 9.04. The number of anilines is 1. The summed E-state index contributed by atoms with van der Waals surface area (Å²) in [7, 11) is -3.87. The zero-order valence-electron chi connectivity index (χ0n) is 17.6. The van der Waals surface area contributed by atoms with E-state index in [-0.39, 0.29) is 18.0 Å². The Balaban J connectivity index is 1.57. The second kappa shape index (κ2) is 9.32. The summed E-state index contributed by atoms with van der Waals surface area (Å²) in [5, 5.41) is 2.84. The molecular formula is C24H24N2O5S. The number of ether oxygens (including phenoxy) is 2. The zero-order chi connectivity index (χ0) is 22.6. The maximum Gasteiger partial charge on any atom is 0.264 e. The van der Waals surface area contributed by atoms with Crippen LogP contribution in [0.25, 0.3) is 0 Å². The molecule has 1 heterocycles. The Morgan fingerprint density at radius 1 is 1.03 bits per heavy atom. The third kappa shape index (κ3) is 4.40. The number of nitrogens with zero attached hydrogens (tertiary/aromatic N) is 1. The van der Waals surface area contributed by atoms with Crippen molar-refractivity contribution in [2.75, 3.05) is 17.5 Å². The molecule has 3 aromatic carbocycles. The highest BCUT2D eigenvalue weighted by molar-refractivity contribution is 7.92. The molecule has 0 fully saturated rings. The molecule has 0 aromatic heterocycles. The topological polar surface area (TPSA) is 84.9 Å². The molecule has 1 amide bonds. The van der Waals surface area contributed by atoms with E-state index in [9.17, 15) is 13.2 Å². The maximum absolute atomic E-state index is 13.3. The van der Waals surface area contributed by atoms with Crippen LogP contribution in [0, 0.1) is 0 Å². The lowest BCUT2D eigenvalue weighted by Gasteiger charge is -2.34. The van der Waals surface area contributed by atoms with E-state index in [1.165, 1.54) is 16.4 Å². The van der Waals surface area contributed by atoms with Gasteiger partial charge in [0.1, 0.15) is 11.5 Å². The maximum atomic E-state index is 13.3. The second-order valence-electron chi connectivity index (χ2n) is 7.18. The van der Waals surface area contributed by atoms with E-state index >= 15 is 0 Å². The fraction of sp³-hybridized carbons (Fsp3) is 0.208. The van der Waals surface area contributed by atoms with Crippen molar-refractivity contribution in [2.45, 2.75) is 24.5 Å². The van der Waals surface area contributed by atoms with Gasteiger partial charge in [0, 0.05) is 12.1 Å². The number of para-hydroxylation sites is 3. The average molecular weight is 453 g/mol. The van der Waals surface area contributed by atoms with Crippen molar-refractivity contribution in [3.63, 3.8) is 0 Å². The predicted octanol–water partition coefficient (Wildman–Crippen LogP) is 3.36. The van der Waals surface area contributed by atoms with Gasteiger partial charge in [-0.3, -0.25) is 9.10 Å². The van der Waals surface area contributed by atoms with Crippen molar-refractivity contribution in [1.29, 1.82) is 0 Å². The molecule has 8 heteroatoms. The molecule has 1 N–H and O–H groups in total. The third-order valence-electron chi connectivity index (χ3n) is 5.08. The fourth-order valence-electron chi connectivity index (χ4n) is 3.53. The highest BCUT2D eigenvalue weighted by atomic mass is 32.2. The molecular weight excluding hydrogens is 428 g/mol. The average Bonchev–Trinajstić information content (AvgIpc) is 2.83. The molecule has 7 nitrogen and oxygen atoms in total. The predicted molar refractivity (Wildman–Crippen MR) is 121 cm³/mol. The van der Waals surface area contributed by atoms with E-state index in [4.69, 9.17) is 9.47 Å². The van der Waals surface area contributed by atoms with E-state index in [0.717, 1.165) is 5.56 Å². The Hall–Kier alpha value is -3.52. The summed E-state index contributed by atoms with van der Waals surface area (Å²) in [6.07, 6.45) is -0.998. The smallest absolute Gasteiger partial charge is 0.264 e. The summed E-state index contributed by atoms with van der Waals surface area (Å²) >= 11 is 0. The van der Waals surface area contributed by atoms with Gasteiger partial charge >= 0.3 is 0 Å². The molecule has 3 aromatic rings. The van der Waals surface area contributed by atoms with E-state index < -0.39 is 22.0 Å². The number of benzene rings is 3. The Morgan fingerprint density at radius 3 is 2.50 bits per heavy atom. The highest BCUT2D eigenvalue weighted by Gasteiger charge is 2.37. The number of nitrogens with one attached hydrogen (secondary N) is 1. The first-order valence-corrected chi connectivity index (χ1v) is 11.8. The molecule has 1 unspecified atom stereocenters. The van der Waals surface area contributed by atoms with Crippen molar-refractivity contribution in [3.05, 3.63) is 84.4 Å². The van der Waals surface area contributed by atoms with Crippen LogP contribution in [-0.2, 0) is 21.4 Å². The molecule has 0 radical (unpaired) electrons. The number of carbonyl (C=O) groups is 1. The number of carbonyl (C=O) groups excluding carboxylic acids is 1. The van der Waals surface area contributed by atoms with Crippen LogP contribution in [0.1, 0.15) is 12.5 Å². The largest absolute Gasteiger partial charge is 0.494 e. The minimum absolute atomic E-state index is 0.132. The van der Waals surface area contributed by atoms with Gasteiger partial charge in [-0.15, -0.1) is 0 Å². The normalized spacial score (nSPS) is 15.4. The number of hydrogen-bond acceptors (Lipinski definition) is 5. The van der Waals surface area contributed by atoms with Crippen LogP contribution in [-0.4, -0.2) is 33.6 Å². The molecule has 0 saturated heterocycles. The van der Waals surface area contributed by atoms with Gasteiger partial charge in [-0.05, 0) is 37.3 Å². The molecule has 1 aliphatic rings. The summed E-state index contributed by atoms with van der Waals surface area (Å²) in [6.45, 7) is 2.51. The summed E-state index contributed by atoms with van der Waals surface area (Å²) in [5.41, 5.74) is 1.23. The lowest BCUT2D eigenvalue weighted by atomic mass is 10.2. The van der Waals surface area contributed by atoms with Gasteiger partial charge in [0.05, 0.1) is 23.7 Å². The highest BCUT2D eigenvalue weighted by Crippen LogP contribution is 2.36. The first-order valence-electron chi connectivity index (χ1n) is 10.3.